The molecular weight excluding hydrogens is 234 g/mol. The molecule has 0 atom stereocenters. The van der Waals surface area contributed by atoms with Crippen molar-refractivity contribution >= 4 is 11.3 Å². The number of aromatic nitrogens is 2. The van der Waals surface area contributed by atoms with Crippen LogP contribution in [-0.4, -0.2) is 36.5 Å². The molecule has 0 aliphatic heterocycles. The summed E-state index contributed by atoms with van der Waals surface area (Å²) in [5.74, 6) is 0. The van der Waals surface area contributed by atoms with Crippen LogP contribution in [0.3, 0.4) is 0 Å². The van der Waals surface area contributed by atoms with Crippen molar-refractivity contribution in [2.75, 3.05) is 26.3 Å². The van der Waals surface area contributed by atoms with Gasteiger partial charge in [-0.15, -0.1) is 21.5 Å². The highest BCUT2D eigenvalue weighted by Gasteiger charge is 2.03. The van der Waals surface area contributed by atoms with Crippen LogP contribution in [0.25, 0.3) is 0 Å². The predicted octanol–water partition coefficient (Wildman–Crippen LogP) is 2.05. The van der Waals surface area contributed by atoms with Gasteiger partial charge in [0.25, 0.3) is 0 Å². The molecule has 0 fully saturated rings. The van der Waals surface area contributed by atoms with Crippen LogP contribution in [0, 0.1) is 0 Å². The molecule has 0 bridgehead atoms. The molecule has 0 radical (unpaired) electrons. The Kier molecular flexibility index (Phi) is 8.13. The molecule has 0 unspecified atom stereocenters. The van der Waals surface area contributed by atoms with Crippen molar-refractivity contribution in [3.8, 4) is 0 Å². The van der Waals surface area contributed by atoms with Crippen LogP contribution in [-0.2, 0) is 17.6 Å². The first-order chi connectivity index (χ1) is 8.36. The average molecular weight is 257 g/mol. The summed E-state index contributed by atoms with van der Waals surface area (Å²) in [4.78, 5) is 0. The van der Waals surface area contributed by atoms with E-state index in [1.54, 1.807) is 11.3 Å². The van der Waals surface area contributed by atoms with E-state index < -0.39 is 0 Å². The number of rotatable bonds is 10. The quantitative estimate of drug-likeness (QED) is 0.652. The van der Waals surface area contributed by atoms with E-state index in [4.69, 9.17) is 4.74 Å². The molecule has 1 rings (SSSR count). The molecule has 0 aromatic carbocycles. The number of ether oxygens (including phenoxy) is 1. The summed E-state index contributed by atoms with van der Waals surface area (Å²) < 4.78 is 5.30. The van der Waals surface area contributed by atoms with Crippen LogP contribution in [0.1, 0.15) is 36.7 Å². The fourth-order valence-electron chi connectivity index (χ4n) is 1.46. The minimum Gasteiger partial charge on any atom is -0.381 e. The normalized spacial score (nSPS) is 10.9. The Balaban J connectivity index is 2.12. The van der Waals surface area contributed by atoms with Crippen molar-refractivity contribution in [3.63, 3.8) is 0 Å². The molecule has 1 N–H and O–H groups in total. The molecule has 0 saturated heterocycles. The van der Waals surface area contributed by atoms with E-state index in [2.05, 4.69) is 22.4 Å². The largest absolute Gasteiger partial charge is 0.381 e. The van der Waals surface area contributed by atoms with Crippen LogP contribution in [0.4, 0.5) is 0 Å². The Bertz CT molecular complexity index is 291. The molecule has 0 spiro atoms. The fraction of sp³-hybridized carbons (Fsp3) is 0.833. The molecule has 1 aromatic heterocycles. The van der Waals surface area contributed by atoms with Gasteiger partial charge in [0.05, 0.1) is 6.61 Å². The van der Waals surface area contributed by atoms with Crippen molar-refractivity contribution in [1.82, 2.24) is 15.5 Å². The Morgan fingerprint density at radius 2 is 1.88 bits per heavy atom. The molecule has 0 aliphatic rings. The summed E-state index contributed by atoms with van der Waals surface area (Å²) >= 11 is 1.72. The molecule has 17 heavy (non-hydrogen) atoms. The van der Waals surface area contributed by atoms with Crippen molar-refractivity contribution in [2.45, 2.75) is 39.5 Å². The molecule has 4 nitrogen and oxygen atoms in total. The number of aryl methyl sites for hydroxylation is 1. The minimum atomic E-state index is 0.753. The van der Waals surface area contributed by atoms with Gasteiger partial charge in [0.1, 0.15) is 10.0 Å². The van der Waals surface area contributed by atoms with Gasteiger partial charge in [-0.25, -0.2) is 0 Å². The van der Waals surface area contributed by atoms with Gasteiger partial charge < -0.3 is 10.1 Å². The third kappa shape index (κ3) is 6.71. The first kappa shape index (κ1) is 14.5. The fourth-order valence-corrected chi connectivity index (χ4v) is 2.33. The number of hydrogen-bond donors (Lipinski definition) is 1. The Hall–Kier alpha value is -0.520. The van der Waals surface area contributed by atoms with E-state index in [1.807, 2.05) is 6.92 Å². The molecule has 1 heterocycles. The van der Waals surface area contributed by atoms with Crippen molar-refractivity contribution in [1.29, 1.82) is 0 Å². The molecule has 98 valence electrons. The van der Waals surface area contributed by atoms with Gasteiger partial charge in [0.2, 0.25) is 0 Å². The number of hydrogen-bond acceptors (Lipinski definition) is 5. The van der Waals surface area contributed by atoms with Crippen LogP contribution >= 0.6 is 11.3 Å². The zero-order valence-electron chi connectivity index (χ0n) is 10.9. The number of nitrogens with zero attached hydrogens (tertiary/aromatic N) is 2. The average Bonchev–Trinajstić information content (AvgIpc) is 2.77. The lowest BCUT2D eigenvalue weighted by Crippen LogP contribution is -2.16. The second-order valence-corrected chi connectivity index (χ2v) is 5.04. The van der Waals surface area contributed by atoms with Crippen molar-refractivity contribution < 1.29 is 4.74 Å². The third-order valence-electron chi connectivity index (χ3n) is 2.34. The maximum atomic E-state index is 5.30. The summed E-state index contributed by atoms with van der Waals surface area (Å²) in [6.07, 6.45) is 4.25. The standard InChI is InChI=1S/C12H23N3OS/c1-3-8-13-9-5-6-11-14-15-12(17-11)7-10-16-4-2/h13H,3-10H2,1-2H3. The summed E-state index contributed by atoms with van der Waals surface area (Å²) in [5, 5.41) is 14.0. The first-order valence-electron chi connectivity index (χ1n) is 6.46. The molecular formula is C12H23N3OS. The highest BCUT2D eigenvalue weighted by atomic mass is 32.1. The SMILES string of the molecule is CCCNCCCc1nnc(CCOCC)s1. The lowest BCUT2D eigenvalue weighted by Gasteiger charge is -2.00. The van der Waals surface area contributed by atoms with E-state index in [1.165, 1.54) is 6.42 Å². The highest BCUT2D eigenvalue weighted by molar-refractivity contribution is 7.11. The Morgan fingerprint density at radius 3 is 2.59 bits per heavy atom. The lowest BCUT2D eigenvalue weighted by molar-refractivity contribution is 0.150. The van der Waals surface area contributed by atoms with Crippen LogP contribution in [0.2, 0.25) is 0 Å². The summed E-state index contributed by atoms with van der Waals surface area (Å²) in [7, 11) is 0. The summed E-state index contributed by atoms with van der Waals surface area (Å²) in [6.45, 7) is 7.90. The van der Waals surface area contributed by atoms with Crippen LogP contribution in [0.15, 0.2) is 0 Å². The Morgan fingerprint density at radius 1 is 1.12 bits per heavy atom. The second-order valence-electron chi connectivity index (χ2n) is 3.89. The van der Waals surface area contributed by atoms with E-state index in [9.17, 15) is 0 Å². The number of nitrogens with one attached hydrogen (secondary N) is 1. The summed E-state index contributed by atoms with van der Waals surface area (Å²) in [5.41, 5.74) is 0. The van der Waals surface area contributed by atoms with E-state index in [0.29, 0.717) is 0 Å². The smallest absolute Gasteiger partial charge is 0.119 e. The molecule has 5 heteroatoms. The van der Waals surface area contributed by atoms with Gasteiger partial charge in [-0.3, -0.25) is 0 Å². The molecule has 1 aromatic rings. The van der Waals surface area contributed by atoms with Gasteiger partial charge in [0, 0.05) is 19.4 Å². The van der Waals surface area contributed by atoms with Crippen LogP contribution in [0.5, 0.6) is 0 Å². The monoisotopic (exact) mass is 257 g/mol. The third-order valence-corrected chi connectivity index (χ3v) is 3.39. The van der Waals surface area contributed by atoms with Gasteiger partial charge in [0.15, 0.2) is 0 Å². The van der Waals surface area contributed by atoms with E-state index in [0.717, 1.165) is 55.6 Å². The van der Waals surface area contributed by atoms with Gasteiger partial charge in [-0.1, -0.05) is 6.92 Å². The minimum absolute atomic E-state index is 0.753. The predicted molar refractivity (Wildman–Crippen MR) is 71.6 cm³/mol. The van der Waals surface area contributed by atoms with Crippen molar-refractivity contribution in [3.05, 3.63) is 10.0 Å². The molecule has 0 saturated carbocycles. The van der Waals surface area contributed by atoms with Gasteiger partial charge in [-0.05, 0) is 32.9 Å². The lowest BCUT2D eigenvalue weighted by atomic mass is 10.3. The molecule has 0 aliphatic carbocycles. The highest BCUT2D eigenvalue weighted by Crippen LogP contribution is 2.12. The van der Waals surface area contributed by atoms with E-state index >= 15 is 0 Å². The maximum absolute atomic E-state index is 5.30. The van der Waals surface area contributed by atoms with Gasteiger partial charge >= 0.3 is 0 Å². The summed E-state index contributed by atoms with van der Waals surface area (Å²) in [6, 6.07) is 0. The maximum Gasteiger partial charge on any atom is 0.119 e. The Labute approximate surface area is 108 Å². The molecule has 0 amide bonds. The topological polar surface area (TPSA) is 47.0 Å². The van der Waals surface area contributed by atoms with Crippen molar-refractivity contribution in [2.24, 2.45) is 0 Å². The van der Waals surface area contributed by atoms with Gasteiger partial charge in [-0.2, -0.15) is 0 Å². The van der Waals surface area contributed by atoms with E-state index in [-0.39, 0.29) is 0 Å². The first-order valence-corrected chi connectivity index (χ1v) is 7.28. The van der Waals surface area contributed by atoms with Crippen LogP contribution < -0.4 is 5.32 Å². The zero-order chi connectivity index (χ0) is 12.3. The zero-order valence-corrected chi connectivity index (χ0v) is 11.7. The second kappa shape index (κ2) is 9.50.